The van der Waals surface area contributed by atoms with Gasteiger partial charge in [0, 0.05) is 5.41 Å². The van der Waals surface area contributed by atoms with Crippen LogP contribution < -0.4 is 10.5 Å². The van der Waals surface area contributed by atoms with Crippen molar-refractivity contribution < 1.29 is 24.5 Å². The van der Waals surface area contributed by atoms with Crippen LogP contribution in [0.25, 0.3) is 0 Å². The van der Waals surface area contributed by atoms with Crippen molar-refractivity contribution in [3.63, 3.8) is 0 Å². The normalized spacial score (nSPS) is 20.9. The van der Waals surface area contributed by atoms with Gasteiger partial charge < -0.3 is 20.7 Å². The van der Waals surface area contributed by atoms with E-state index in [-0.39, 0.29) is 18.7 Å². The molecule has 4 N–H and O–H groups in total. The highest BCUT2D eigenvalue weighted by Crippen LogP contribution is 2.42. The van der Waals surface area contributed by atoms with E-state index in [1.54, 1.807) is 12.1 Å². The largest absolute Gasteiger partial charge is 0.511 e. The smallest absolute Gasteiger partial charge is 0.481 e. The van der Waals surface area contributed by atoms with Crippen molar-refractivity contribution >= 4 is 12.1 Å². The van der Waals surface area contributed by atoms with E-state index in [0.29, 0.717) is 12.8 Å². The molecule has 0 saturated carbocycles. The molecule has 0 spiro atoms. The van der Waals surface area contributed by atoms with Crippen molar-refractivity contribution in [3.8, 4) is 5.75 Å². The zero-order chi connectivity index (χ0) is 14.0. The molecule has 0 saturated heterocycles. The van der Waals surface area contributed by atoms with E-state index in [1.807, 2.05) is 6.07 Å². The molecule has 1 aromatic rings. The lowest BCUT2D eigenvalue weighted by Gasteiger charge is -2.24. The van der Waals surface area contributed by atoms with Gasteiger partial charge >= 0.3 is 12.1 Å². The van der Waals surface area contributed by atoms with E-state index in [4.69, 9.17) is 20.7 Å². The average molecular weight is 265 g/mol. The summed E-state index contributed by atoms with van der Waals surface area (Å²) in [5.41, 5.74) is 6.83. The summed E-state index contributed by atoms with van der Waals surface area (Å²) in [6.45, 7) is 0.237. The molecular weight excluding hydrogens is 250 g/mol. The summed E-state index contributed by atoms with van der Waals surface area (Å²) >= 11 is 0. The molecule has 1 unspecified atom stereocenters. The Morgan fingerprint density at radius 1 is 1.32 bits per heavy atom. The minimum Gasteiger partial charge on any atom is -0.481 e. The van der Waals surface area contributed by atoms with Crippen LogP contribution in [0.3, 0.4) is 0 Å². The summed E-state index contributed by atoms with van der Waals surface area (Å²) < 4.78 is 4.73. The Bertz CT molecular complexity index is 528. The Morgan fingerprint density at radius 2 is 2.05 bits per heavy atom. The number of hydrogen-bond donors (Lipinski definition) is 3. The van der Waals surface area contributed by atoms with Gasteiger partial charge in [-0.15, -0.1) is 0 Å². The SMILES string of the molecule is NCC1(CC(=O)O)Cc2cccc(OC(=O)O)c2C1. The van der Waals surface area contributed by atoms with Crippen molar-refractivity contribution in [2.24, 2.45) is 11.1 Å². The molecule has 1 aliphatic rings. The van der Waals surface area contributed by atoms with E-state index in [1.165, 1.54) is 0 Å². The van der Waals surface area contributed by atoms with Crippen molar-refractivity contribution in [3.05, 3.63) is 29.3 Å². The van der Waals surface area contributed by atoms with E-state index in [0.717, 1.165) is 11.1 Å². The molecule has 0 bridgehead atoms. The van der Waals surface area contributed by atoms with Gasteiger partial charge in [0.1, 0.15) is 5.75 Å². The molecule has 1 aromatic carbocycles. The van der Waals surface area contributed by atoms with Gasteiger partial charge in [-0.2, -0.15) is 0 Å². The van der Waals surface area contributed by atoms with Crippen LogP contribution >= 0.6 is 0 Å². The summed E-state index contributed by atoms with van der Waals surface area (Å²) in [7, 11) is 0. The van der Waals surface area contributed by atoms with Crippen LogP contribution in [-0.4, -0.2) is 28.9 Å². The number of ether oxygens (including phenoxy) is 1. The lowest BCUT2D eigenvalue weighted by atomic mass is 9.81. The Labute approximate surface area is 109 Å². The fourth-order valence-corrected chi connectivity index (χ4v) is 2.67. The van der Waals surface area contributed by atoms with Gasteiger partial charge in [-0.05, 0) is 36.6 Å². The third-order valence-corrected chi connectivity index (χ3v) is 3.50. The molecule has 19 heavy (non-hydrogen) atoms. The molecule has 0 fully saturated rings. The van der Waals surface area contributed by atoms with E-state index in [9.17, 15) is 9.59 Å². The molecule has 0 heterocycles. The number of carbonyl (C=O) groups is 2. The number of carboxylic acids is 1. The molecular formula is C13H15NO5. The highest BCUT2D eigenvalue weighted by atomic mass is 16.7. The number of nitrogens with two attached hydrogens (primary N) is 1. The molecule has 0 amide bonds. The topological polar surface area (TPSA) is 110 Å². The Morgan fingerprint density at radius 3 is 2.63 bits per heavy atom. The zero-order valence-electron chi connectivity index (χ0n) is 10.3. The number of carboxylic acid groups (broad SMARTS) is 2. The molecule has 0 aliphatic heterocycles. The van der Waals surface area contributed by atoms with Crippen molar-refractivity contribution in [2.45, 2.75) is 19.3 Å². The molecule has 2 rings (SSSR count). The Balaban J connectivity index is 2.32. The molecule has 0 radical (unpaired) electrons. The summed E-state index contributed by atoms with van der Waals surface area (Å²) in [6, 6.07) is 5.12. The maximum atomic E-state index is 11.0. The first-order chi connectivity index (χ1) is 8.96. The van der Waals surface area contributed by atoms with Gasteiger partial charge in [-0.25, -0.2) is 4.79 Å². The highest BCUT2D eigenvalue weighted by Gasteiger charge is 2.39. The molecule has 6 heteroatoms. The third kappa shape index (κ3) is 2.68. The lowest BCUT2D eigenvalue weighted by molar-refractivity contribution is -0.139. The molecule has 0 aromatic heterocycles. The average Bonchev–Trinajstić information content (AvgIpc) is 2.67. The van der Waals surface area contributed by atoms with Crippen LogP contribution in [0.15, 0.2) is 18.2 Å². The number of fused-ring (bicyclic) bond motifs is 1. The number of hydrogen-bond acceptors (Lipinski definition) is 4. The van der Waals surface area contributed by atoms with Gasteiger partial charge in [0.2, 0.25) is 0 Å². The third-order valence-electron chi connectivity index (χ3n) is 3.50. The van der Waals surface area contributed by atoms with E-state index in [2.05, 4.69) is 0 Å². The predicted octanol–water partition coefficient (Wildman–Crippen LogP) is 1.26. The van der Waals surface area contributed by atoms with Gasteiger partial charge in [-0.3, -0.25) is 4.79 Å². The van der Waals surface area contributed by atoms with Crippen LogP contribution in [0, 0.1) is 5.41 Å². The van der Waals surface area contributed by atoms with Crippen molar-refractivity contribution in [1.29, 1.82) is 0 Å². The van der Waals surface area contributed by atoms with Crippen LogP contribution in [-0.2, 0) is 17.6 Å². The fourth-order valence-electron chi connectivity index (χ4n) is 2.67. The first-order valence-corrected chi connectivity index (χ1v) is 5.89. The Kier molecular flexibility index (Phi) is 3.44. The Hall–Kier alpha value is -2.08. The second-order valence-corrected chi connectivity index (χ2v) is 4.89. The molecule has 1 atom stereocenters. The van der Waals surface area contributed by atoms with Gasteiger partial charge in [0.25, 0.3) is 0 Å². The fraction of sp³-hybridized carbons (Fsp3) is 0.385. The minimum atomic E-state index is -1.38. The highest BCUT2D eigenvalue weighted by molar-refractivity contribution is 5.69. The van der Waals surface area contributed by atoms with Crippen LogP contribution in [0.4, 0.5) is 4.79 Å². The summed E-state index contributed by atoms with van der Waals surface area (Å²) in [5, 5.41) is 17.7. The second kappa shape index (κ2) is 4.89. The maximum Gasteiger partial charge on any atom is 0.511 e. The summed E-state index contributed by atoms with van der Waals surface area (Å²) in [5.74, 6) is -0.635. The molecule has 102 valence electrons. The monoisotopic (exact) mass is 265 g/mol. The van der Waals surface area contributed by atoms with Gasteiger partial charge in [0.15, 0.2) is 0 Å². The van der Waals surface area contributed by atoms with Gasteiger partial charge in [-0.1, -0.05) is 12.1 Å². The van der Waals surface area contributed by atoms with E-state index < -0.39 is 17.5 Å². The van der Waals surface area contributed by atoms with Crippen LogP contribution in [0.2, 0.25) is 0 Å². The lowest BCUT2D eigenvalue weighted by Crippen LogP contribution is -2.33. The number of benzene rings is 1. The van der Waals surface area contributed by atoms with E-state index >= 15 is 0 Å². The van der Waals surface area contributed by atoms with Crippen molar-refractivity contribution in [1.82, 2.24) is 0 Å². The molecule has 1 aliphatic carbocycles. The maximum absolute atomic E-state index is 11.0. The van der Waals surface area contributed by atoms with Crippen LogP contribution in [0.1, 0.15) is 17.5 Å². The number of rotatable bonds is 4. The van der Waals surface area contributed by atoms with Crippen molar-refractivity contribution in [2.75, 3.05) is 6.54 Å². The first-order valence-electron chi connectivity index (χ1n) is 5.89. The first kappa shape index (κ1) is 13.4. The molecule has 6 nitrogen and oxygen atoms in total. The zero-order valence-corrected chi connectivity index (χ0v) is 10.3. The van der Waals surface area contributed by atoms with Crippen LogP contribution in [0.5, 0.6) is 5.75 Å². The van der Waals surface area contributed by atoms with Gasteiger partial charge in [0.05, 0.1) is 6.42 Å². The standard InChI is InChI=1S/C13H15NO5/c14-7-13(6-11(15)16)4-8-2-1-3-10(9(8)5-13)19-12(17)18/h1-3H,4-7,14H2,(H,15,16)(H,17,18). The minimum absolute atomic E-state index is 0.0370. The number of aliphatic carboxylic acids is 1. The summed E-state index contributed by atoms with van der Waals surface area (Å²) in [4.78, 5) is 21.6. The quantitative estimate of drug-likeness (QED) is 0.558. The summed E-state index contributed by atoms with van der Waals surface area (Å²) in [6.07, 6.45) is -0.460. The second-order valence-electron chi connectivity index (χ2n) is 4.89. The predicted molar refractivity (Wildman–Crippen MR) is 66.2 cm³/mol.